The van der Waals surface area contributed by atoms with Crippen LogP contribution in [0.2, 0.25) is 0 Å². The van der Waals surface area contributed by atoms with Crippen LogP contribution < -0.4 is 5.32 Å². The fraction of sp³-hybridized carbons (Fsp3) is 0.375. The highest BCUT2D eigenvalue weighted by molar-refractivity contribution is 8.03. The lowest BCUT2D eigenvalue weighted by Gasteiger charge is -1.99. The van der Waals surface area contributed by atoms with Crippen molar-refractivity contribution in [2.75, 3.05) is 11.9 Å². The Balaban J connectivity index is 2.53. The molecule has 0 radical (unpaired) electrons. The number of thioether (sulfide) groups is 1. The molecule has 1 rings (SSSR count). The summed E-state index contributed by atoms with van der Waals surface area (Å²) in [5.74, 6) is 1.07. The molecule has 0 saturated carbocycles. The van der Waals surface area contributed by atoms with Crippen LogP contribution in [0, 0.1) is 11.2 Å². The van der Waals surface area contributed by atoms with Crippen molar-refractivity contribution in [2.45, 2.75) is 18.3 Å². The summed E-state index contributed by atoms with van der Waals surface area (Å²) in [6.45, 7) is 1.83. The largest absolute Gasteiger partial charge is 0.458 e. The normalized spacial score (nSPS) is 10.4. The second-order valence-electron chi connectivity index (χ2n) is 2.55. The Morgan fingerprint density at radius 2 is 2.33 bits per heavy atom. The Labute approximate surface area is 108 Å². The van der Waals surface area contributed by atoms with Gasteiger partial charge in [0.2, 0.25) is 10.3 Å². The predicted molar refractivity (Wildman–Crippen MR) is 60.2 cm³/mol. The molecule has 0 spiro atoms. The molecule has 0 saturated heterocycles. The summed E-state index contributed by atoms with van der Waals surface area (Å²) < 4.78 is 43.5. The van der Waals surface area contributed by atoms with E-state index in [9.17, 15) is 18.0 Å². The number of aromatic nitrogens is 2. The number of amides is 1. The number of nitrogens with zero attached hydrogens (tertiary/aromatic N) is 2. The molecule has 1 aromatic rings. The first-order chi connectivity index (χ1) is 8.40. The lowest BCUT2D eigenvalue weighted by Crippen LogP contribution is -2.12. The Kier molecular flexibility index (Phi) is 5.24. The molecular formula is C8H6F3N3O2S2. The minimum atomic E-state index is -4.55. The van der Waals surface area contributed by atoms with E-state index in [-0.39, 0.29) is 16.9 Å². The van der Waals surface area contributed by atoms with Gasteiger partial charge in [0.05, 0.1) is 6.61 Å². The van der Waals surface area contributed by atoms with Gasteiger partial charge in [0.15, 0.2) is 0 Å². The minimum Gasteiger partial charge on any atom is -0.450 e. The molecule has 0 aliphatic rings. The molecule has 0 aromatic carbocycles. The zero-order chi connectivity index (χ0) is 13.6. The van der Waals surface area contributed by atoms with Crippen molar-refractivity contribution in [1.29, 1.82) is 0 Å². The summed E-state index contributed by atoms with van der Waals surface area (Å²) in [4.78, 5) is 14.7. The first-order valence-corrected chi connectivity index (χ1v) is 6.03. The lowest BCUT2D eigenvalue weighted by atomic mass is 10.7. The smallest absolute Gasteiger partial charge is 0.450 e. The van der Waals surface area contributed by atoms with Gasteiger partial charge in [0, 0.05) is 29.2 Å². The van der Waals surface area contributed by atoms with Crippen molar-refractivity contribution in [2.24, 2.45) is 0 Å². The van der Waals surface area contributed by atoms with Crippen LogP contribution in [0.15, 0.2) is 5.16 Å². The van der Waals surface area contributed by atoms with Gasteiger partial charge in [0.1, 0.15) is 0 Å². The van der Waals surface area contributed by atoms with Gasteiger partial charge in [-0.1, -0.05) is 0 Å². The van der Waals surface area contributed by atoms with Crippen LogP contribution in [0.5, 0.6) is 0 Å². The second-order valence-corrected chi connectivity index (χ2v) is 4.08. The number of hydrogen-bond acceptors (Lipinski definition) is 6. The van der Waals surface area contributed by atoms with Gasteiger partial charge in [-0.05, 0) is 12.2 Å². The van der Waals surface area contributed by atoms with Crippen LogP contribution in [0.3, 0.4) is 0 Å². The molecule has 0 bridgehead atoms. The van der Waals surface area contributed by atoms with Crippen molar-refractivity contribution in [3.05, 3.63) is 0 Å². The molecule has 98 valence electrons. The van der Waals surface area contributed by atoms with E-state index in [4.69, 9.17) is 0 Å². The SMILES string of the molecule is CCOC(=O)Nc1nc(SC#CC(F)(F)F)ns1. The number of nitrogens with one attached hydrogen (secondary N) is 1. The molecule has 1 N–H and O–H groups in total. The van der Waals surface area contributed by atoms with Crippen LogP contribution in [-0.2, 0) is 4.74 Å². The number of hydrogen-bond donors (Lipinski definition) is 1. The third-order valence-corrected chi connectivity index (χ3v) is 2.54. The number of carbonyl (C=O) groups excluding carboxylic acids is 1. The number of alkyl halides is 3. The highest BCUT2D eigenvalue weighted by atomic mass is 32.2. The Morgan fingerprint density at radius 3 is 2.94 bits per heavy atom. The monoisotopic (exact) mass is 297 g/mol. The molecular weight excluding hydrogens is 291 g/mol. The zero-order valence-electron chi connectivity index (χ0n) is 8.87. The standard InChI is InChI=1S/C8H6F3N3O2S2/c1-2-16-7(15)13-5-12-6(14-18-5)17-4-3-8(9,10)11/h2H2,1H3,(H,12,13,14,15). The number of rotatable bonds is 3. The number of ether oxygens (including phenoxy) is 1. The van der Waals surface area contributed by atoms with Crippen LogP contribution in [0.1, 0.15) is 6.92 Å². The fourth-order valence-corrected chi connectivity index (χ4v) is 1.86. The van der Waals surface area contributed by atoms with E-state index >= 15 is 0 Å². The van der Waals surface area contributed by atoms with Gasteiger partial charge in [-0.15, -0.1) is 0 Å². The van der Waals surface area contributed by atoms with E-state index in [1.165, 1.54) is 0 Å². The molecule has 0 fully saturated rings. The summed E-state index contributed by atoms with van der Waals surface area (Å²) >= 11 is 1.34. The van der Waals surface area contributed by atoms with Crippen LogP contribution in [0.25, 0.3) is 0 Å². The van der Waals surface area contributed by atoms with Gasteiger partial charge >= 0.3 is 12.3 Å². The second kappa shape index (κ2) is 6.46. The van der Waals surface area contributed by atoms with Crippen LogP contribution in [-0.4, -0.2) is 28.2 Å². The number of carbonyl (C=O) groups is 1. The third-order valence-electron chi connectivity index (χ3n) is 1.23. The molecule has 1 heterocycles. The summed E-state index contributed by atoms with van der Waals surface area (Å²) in [7, 11) is 0. The highest BCUT2D eigenvalue weighted by Gasteiger charge is 2.23. The molecule has 5 nitrogen and oxygen atoms in total. The molecule has 0 atom stereocenters. The maximum absolute atomic E-state index is 11.7. The molecule has 0 aliphatic carbocycles. The molecule has 10 heteroatoms. The van der Waals surface area contributed by atoms with Gasteiger partial charge in [-0.3, -0.25) is 5.32 Å². The van der Waals surface area contributed by atoms with Gasteiger partial charge in [-0.2, -0.15) is 22.5 Å². The van der Waals surface area contributed by atoms with E-state index in [0.29, 0.717) is 11.8 Å². The maximum Gasteiger partial charge on any atom is 0.458 e. The lowest BCUT2D eigenvalue weighted by molar-refractivity contribution is -0.0695. The Morgan fingerprint density at radius 1 is 1.61 bits per heavy atom. The van der Waals surface area contributed by atoms with E-state index in [0.717, 1.165) is 17.5 Å². The molecule has 0 aliphatic heterocycles. The van der Waals surface area contributed by atoms with Crippen molar-refractivity contribution >= 4 is 34.5 Å². The van der Waals surface area contributed by atoms with Crippen LogP contribution in [0.4, 0.5) is 23.1 Å². The van der Waals surface area contributed by atoms with E-state index in [1.807, 2.05) is 5.25 Å². The van der Waals surface area contributed by atoms with E-state index < -0.39 is 12.3 Å². The van der Waals surface area contributed by atoms with E-state index in [1.54, 1.807) is 6.92 Å². The van der Waals surface area contributed by atoms with Crippen LogP contribution >= 0.6 is 23.3 Å². The summed E-state index contributed by atoms with van der Waals surface area (Å²) in [5.41, 5.74) is 0. The average Bonchev–Trinajstić information content (AvgIpc) is 2.64. The minimum absolute atomic E-state index is 0.0311. The first-order valence-electron chi connectivity index (χ1n) is 4.44. The zero-order valence-corrected chi connectivity index (χ0v) is 10.5. The molecule has 1 aromatic heterocycles. The number of halogens is 3. The topological polar surface area (TPSA) is 64.1 Å². The Hall–Kier alpha value is -1.47. The summed E-state index contributed by atoms with van der Waals surface area (Å²) in [6.07, 6.45) is -5.25. The average molecular weight is 297 g/mol. The van der Waals surface area contributed by atoms with Crippen molar-refractivity contribution < 1.29 is 22.7 Å². The fourth-order valence-electron chi connectivity index (χ4n) is 0.686. The molecule has 1 amide bonds. The Bertz CT molecular complexity index is 478. The molecule has 18 heavy (non-hydrogen) atoms. The number of anilines is 1. The first kappa shape index (κ1) is 14.6. The van der Waals surface area contributed by atoms with E-state index in [2.05, 4.69) is 19.4 Å². The van der Waals surface area contributed by atoms with Gasteiger partial charge in [0.25, 0.3) is 0 Å². The van der Waals surface area contributed by atoms with Gasteiger partial charge in [-0.25, -0.2) is 4.79 Å². The third kappa shape index (κ3) is 5.74. The predicted octanol–water partition coefficient (Wildman–Crippen LogP) is 2.72. The highest BCUT2D eigenvalue weighted by Crippen LogP contribution is 2.20. The van der Waals surface area contributed by atoms with Crippen molar-refractivity contribution in [1.82, 2.24) is 9.36 Å². The maximum atomic E-state index is 11.7. The summed E-state index contributed by atoms with van der Waals surface area (Å²) in [6, 6.07) is 0. The molecule has 0 unspecified atom stereocenters. The van der Waals surface area contributed by atoms with Gasteiger partial charge < -0.3 is 4.74 Å². The van der Waals surface area contributed by atoms with Crippen molar-refractivity contribution in [3.8, 4) is 11.2 Å². The van der Waals surface area contributed by atoms with Crippen molar-refractivity contribution in [3.63, 3.8) is 0 Å². The summed E-state index contributed by atoms with van der Waals surface area (Å²) in [5, 5.41) is 4.24. The quantitative estimate of drug-likeness (QED) is 0.686.